The van der Waals surface area contributed by atoms with E-state index in [2.05, 4.69) is 25.7 Å². The average Bonchev–Trinajstić information content (AvgIpc) is 2.80. The van der Waals surface area contributed by atoms with E-state index in [-0.39, 0.29) is 11.1 Å². The van der Waals surface area contributed by atoms with Crippen molar-refractivity contribution in [1.82, 2.24) is 0 Å². The van der Waals surface area contributed by atoms with Gasteiger partial charge in [-0.05, 0) is 55.2 Å². The minimum absolute atomic E-state index is 0.0680. The van der Waals surface area contributed by atoms with E-state index >= 15 is 0 Å². The molecule has 0 saturated carbocycles. The lowest BCUT2D eigenvalue weighted by atomic mass is 10.0. The van der Waals surface area contributed by atoms with Crippen LogP contribution in [0.3, 0.4) is 0 Å². The standard InChI is InChI=1S/C28H31FO3/c1-3-5-7-8-9-10-12-21-13-15-22(16-14-21)25-20-23-17-18-24(31-19-11-6-4-2)27(29)26(23)28(30)32-25/h3,8-9,13-18,20H,1,4-7,10-12,19H2,2H3/b9-8+. The van der Waals surface area contributed by atoms with Crippen LogP contribution in [0.2, 0.25) is 0 Å². The molecule has 0 aliphatic carbocycles. The molecule has 0 fully saturated rings. The molecule has 3 rings (SSSR count). The highest BCUT2D eigenvalue weighted by molar-refractivity contribution is 5.86. The SMILES string of the molecule is C=CCC/C=C/CCc1ccc(-c2cc3ccc(OCCCCC)c(F)c3c(=O)o2)cc1. The number of hydrogen-bond acceptors (Lipinski definition) is 3. The van der Waals surface area contributed by atoms with E-state index in [1.54, 1.807) is 18.2 Å². The van der Waals surface area contributed by atoms with Crippen LogP contribution < -0.4 is 10.4 Å². The van der Waals surface area contributed by atoms with Gasteiger partial charge in [-0.1, -0.05) is 68.3 Å². The molecule has 0 saturated heterocycles. The molecule has 0 aliphatic heterocycles. The molecule has 0 bridgehead atoms. The summed E-state index contributed by atoms with van der Waals surface area (Å²) >= 11 is 0. The quantitative estimate of drug-likeness (QED) is 0.217. The van der Waals surface area contributed by atoms with Gasteiger partial charge < -0.3 is 9.15 Å². The number of ether oxygens (including phenoxy) is 1. The highest BCUT2D eigenvalue weighted by Crippen LogP contribution is 2.28. The minimum Gasteiger partial charge on any atom is -0.490 e. The van der Waals surface area contributed by atoms with Crippen LogP contribution in [0, 0.1) is 5.82 Å². The molecule has 0 amide bonds. The van der Waals surface area contributed by atoms with Crippen LogP contribution in [0.4, 0.5) is 4.39 Å². The lowest BCUT2D eigenvalue weighted by Gasteiger charge is -2.09. The summed E-state index contributed by atoms with van der Waals surface area (Å²) in [5.41, 5.74) is 1.30. The third-order valence-electron chi connectivity index (χ3n) is 5.38. The second kappa shape index (κ2) is 12.0. The number of allylic oxidation sites excluding steroid dienone is 3. The zero-order chi connectivity index (χ0) is 22.8. The molecular formula is C28H31FO3. The average molecular weight is 435 g/mol. The largest absolute Gasteiger partial charge is 0.490 e. The van der Waals surface area contributed by atoms with Gasteiger partial charge in [0, 0.05) is 5.56 Å². The van der Waals surface area contributed by atoms with Crippen molar-refractivity contribution in [1.29, 1.82) is 0 Å². The van der Waals surface area contributed by atoms with Crippen LogP contribution in [0.15, 0.2) is 76.5 Å². The molecule has 0 N–H and O–H groups in total. The minimum atomic E-state index is -0.692. The van der Waals surface area contributed by atoms with Gasteiger partial charge in [0.2, 0.25) is 0 Å². The van der Waals surface area contributed by atoms with Crippen molar-refractivity contribution in [3.8, 4) is 17.1 Å². The maximum Gasteiger partial charge on any atom is 0.347 e. The van der Waals surface area contributed by atoms with Crippen LogP contribution >= 0.6 is 0 Å². The molecule has 4 heteroatoms. The second-order valence-electron chi connectivity index (χ2n) is 7.87. The summed E-state index contributed by atoms with van der Waals surface area (Å²) < 4.78 is 25.8. The third-order valence-corrected chi connectivity index (χ3v) is 5.38. The molecule has 3 nitrogen and oxygen atoms in total. The number of halogens is 1. The van der Waals surface area contributed by atoms with Crippen LogP contribution in [0.25, 0.3) is 22.1 Å². The van der Waals surface area contributed by atoms with Gasteiger partial charge in [0.15, 0.2) is 11.6 Å². The van der Waals surface area contributed by atoms with Crippen molar-refractivity contribution in [2.45, 2.75) is 51.9 Å². The summed E-state index contributed by atoms with van der Waals surface area (Å²) in [6.45, 7) is 6.24. The molecule has 3 aromatic rings. The third kappa shape index (κ3) is 6.19. The summed E-state index contributed by atoms with van der Waals surface area (Å²) in [5.74, 6) is -0.137. The first-order valence-corrected chi connectivity index (χ1v) is 11.4. The molecule has 0 aliphatic rings. The van der Waals surface area contributed by atoms with E-state index in [9.17, 15) is 9.18 Å². The van der Waals surface area contributed by atoms with E-state index in [4.69, 9.17) is 9.15 Å². The number of benzene rings is 2. The Morgan fingerprint density at radius 2 is 1.81 bits per heavy atom. The first kappa shape index (κ1) is 23.5. The van der Waals surface area contributed by atoms with Gasteiger partial charge in [0.1, 0.15) is 11.1 Å². The zero-order valence-electron chi connectivity index (χ0n) is 18.7. The van der Waals surface area contributed by atoms with Gasteiger partial charge in [-0.25, -0.2) is 9.18 Å². The molecule has 1 aromatic heterocycles. The van der Waals surface area contributed by atoms with Crippen LogP contribution in [-0.2, 0) is 6.42 Å². The second-order valence-corrected chi connectivity index (χ2v) is 7.87. The van der Waals surface area contributed by atoms with Crippen LogP contribution in [-0.4, -0.2) is 6.61 Å². The Balaban J connectivity index is 1.73. The molecule has 0 unspecified atom stereocenters. The summed E-state index contributed by atoms with van der Waals surface area (Å²) in [7, 11) is 0. The Kier molecular flexibility index (Phi) is 8.85. The van der Waals surface area contributed by atoms with Crippen molar-refractivity contribution in [2.75, 3.05) is 6.61 Å². The topological polar surface area (TPSA) is 39.4 Å². The van der Waals surface area contributed by atoms with E-state index in [0.29, 0.717) is 17.8 Å². The summed E-state index contributed by atoms with van der Waals surface area (Å²) in [6, 6.07) is 12.9. The van der Waals surface area contributed by atoms with Gasteiger partial charge in [-0.15, -0.1) is 6.58 Å². The van der Waals surface area contributed by atoms with Crippen molar-refractivity contribution in [3.63, 3.8) is 0 Å². The smallest absolute Gasteiger partial charge is 0.347 e. The number of rotatable bonds is 12. The zero-order valence-corrected chi connectivity index (χ0v) is 18.7. The molecule has 0 spiro atoms. The van der Waals surface area contributed by atoms with Crippen molar-refractivity contribution >= 4 is 10.8 Å². The first-order chi connectivity index (χ1) is 15.6. The Bertz CT molecular complexity index is 1110. The highest BCUT2D eigenvalue weighted by Gasteiger charge is 2.15. The Morgan fingerprint density at radius 3 is 2.56 bits per heavy atom. The van der Waals surface area contributed by atoms with Crippen LogP contribution in [0.1, 0.15) is 51.0 Å². The Hall–Kier alpha value is -3.14. The monoisotopic (exact) mass is 434 g/mol. The van der Waals surface area contributed by atoms with Crippen molar-refractivity contribution in [2.24, 2.45) is 0 Å². The van der Waals surface area contributed by atoms with Crippen molar-refractivity contribution in [3.05, 3.63) is 89.1 Å². The van der Waals surface area contributed by atoms with E-state index in [1.807, 2.05) is 30.3 Å². The first-order valence-electron chi connectivity index (χ1n) is 11.4. The highest BCUT2D eigenvalue weighted by atomic mass is 19.1. The Morgan fingerprint density at radius 1 is 1.03 bits per heavy atom. The van der Waals surface area contributed by atoms with Crippen molar-refractivity contribution < 1.29 is 13.5 Å². The van der Waals surface area contributed by atoms with Gasteiger partial charge in [-0.2, -0.15) is 0 Å². The molecule has 1 heterocycles. The Labute approximate surface area is 189 Å². The fourth-order valence-corrected chi connectivity index (χ4v) is 3.54. The predicted molar refractivity (Wildman–Crippen MR) is 130 cm³/mol. The maximum atomic E-state index is 14.8. The molecule has 0 radical (unpaired) electrons. The number of unbranched alkanes of at least 4 members (excludes halogenated alkanes) is 3. The lowest BCUT2D eigenvalue weighted by Crippen LogP contribution is -2.06. The molecule has 168 valence electrons. The summed E-state index contributed by atoms with van der Waals surface area (Å²) in [5, 5.41) is 0.435. The van der Waals surface area contributed by atoms with E-state index in [1.165, 1.54) is 5.56 Å². The lowest BCUT2D eigenvalue weighted by molar-refractivity contribution is 0.292. The van der Waals surface area contributed by atoms with E-state index in [0.717, 1.165) is 50.5 Å². The predicted octanol–water partition coefficient (Wildman–Crippen LogP) is 7.62. The summed E-state index contributed by atoms with van der Waals surface area (Å²) in [6.07, 6.45) is 13.2. The van der Waals surface area contributed by atoms with E-state index < -0.39 is 11.4 Å². The maximum absolute atomic E-state index is 14.8. The van der Waals surface area contributed by atoms with Gasteiger partial charge in [0.25, 0.3) is 0 Å². The normalized spacial score (nSPS) is 11.3. The fraction of sp³-hybridized carbons (Fsp3) is 0.321. The molecule has 0 atom stereocenters. The summed E-state index contributed by atoms with van der Waals surface area (Å²) in [4.78, 5) is 12.6. The van der Waals surface area contributed by atoms with Gasteiger partial charge >= 0.3 is 5.63 Å². The molecular weight excluding hydrogens is 403 g/mol. The van der Waals surface area contributed by atoms with Gasteiger partial charge in [0.05, 0.1) is 6.61 Å². The number of fused-ring (bicyclic) bond motifs is 1. The molecule has 2 aromatic carbocycles. The number of hydrogen-bond donors (Lipinski definition) is 0. The van der Waals surface area contributed by atoms with Gasteiger partial charge in [-0.3, -0.25) is 0 Å². The number of aryl methyl sites for hydroxylation is 1. The fourth-order valence-electron chi connectivity index (χ4n) is 3.54. The van der Waals surface area contributed by atoms with Crippen LogP contribution in [0.5, 0.6) is 5.75 Å². The molecule has 32 heavy (non-hydrogen) atoms.